The van der Waals surface area contributed by atoms with Crippen molar-refractivity contribution >= 4 is 22.7 Å². The van der Waals surface area contributed by atoms with Crippen LogP contribution < -0.4 is 0 Å². The highest BCUT2D eigenvalue weighted by atomic mass is 16.5. The molecule has 3 aromatic rings. The van der Waals surface area contributed by atoms with E-state index < -0.39 is 0 Å². The maximum Gasteiger partial charge on any atom is 0.254 e. The summed E-state index contributed by atoms with van der Waals surface area (Å²) in [5.74, 6) is 0.127. The highest BCUT2D eigenvalue weighted by Gasteiger charge is 2.31. The summed E-state index contributed by atoms with van der Waals surface area (Å²) in [5, 5.41) is 1.05. The maximum atomic E-state index is 13.3. The quantitative estimate of drug-likeness (QED) is 0.665. The zero-order chi connectivity index (χ0) is 21.8. The number of nitrogens with zero attached hydrogens (tertiary/aromatic N) is 3. The molecule has 2 aromatic heterocycles. The summed E-state index contributed by atoms with van der Waals surface area (Å²) in [4.78, 5) is 36.9. The number of pyridine rings is 1. The van der Waals surface area contributed by atoms with Crippen LogP contribution in [0.5, 0.6) is 0 Å². The number of aromatic amines is 1. The van der Waals surface area contributed by atoms with Gasteiger partial charge in [0.2, 0.25) is 5.91 Å². The zero-order valence-corrected chi connectivity index (χ0v) is 18.0. The van der Waals surface area contributed by atoms with E-state index in [1.165, 1.54) is 0 Å². The Hall–Kier alpha value is -3.19. The Morgan fingerprint density at radius 2 is 2.13 bits per heavy atom. The molecule has 1 saturated heterocycles. The van der Waals surface area contributed by atoms with Crippen molar-refractivity contribution in [3.05, 3.63) is 66.1 Å². The SMILES string of the molecule is CC(C)CN1CC(OCc2cccnc2)CN(C(=O)c2ccc3cc[nH]c3c2)CC1=O. The Morgan fingerprint density at radius 3 is 2.90 bits per heavy atom. The van der Waals surface area contributed by atoms with Gasteiger partial charge < -0.3 is 19.5 Å². The lowest BCUT2D eigenvalue weighted by atomic mass is 10.1. The molecule has 0 saturated carbocycles. The van der Waals surface area contributed by atoms with Gasteiger partial charge in [0.05, 0.1) is 12.7 Å². The average molecular weight is 421 g/mol. The van der Waals surface area contributed by atoms with Crippen molar-refractivity contribution in [3.8, 4) is 0 Å². The molecule has 162 valence electrons. The summed E-state index contributed by atoms with van der Waals surface area (Å²) < 4.78 is 6.15. The van der Waals surface area contributed by atoms with E-state index in [1.54, 1.807) is 17.3 Å². The van der Waals surface area contributed by atoms with Crippen molar-refractivity contribution in [2.75, 3.05) is 26.2 Å². The van der Waals surface area contributed by atoms with Crippen LogP contribution in [0.25, 0.3) is 10.9 Å². The van der Waals surface area contributed by atoms with Gasteiger partial charge in [-0.1, -0.05) is 26.0 Å². The third kappa shape index (κ3) is 5.11. The molecule has 0 bridgehead atoms. The molecule has 7 heteroatoms. The fourth-order valence-electron chi connectivity index (χ4n) is 3.92. The molecular weight excluding hydrogens is 392 g/mol. The lowest BCUT2D eigenvalue weighted by Gasteiger charge is -2.26. The molecule has 31 heavy (non-hydrogen) atoms. The van der Waals surface area contributed by atoms with E-state index in [4.69, 9.17) is 4.74 Å². The number of carbonyl (C=O) groups is 2. The predicted octanol–water partition coefficient (Wildman–Crippen LogP) is 3.09. The molecule has 0 radical (unpaired) electrons. The van der Waals surface area contributed by atoms with Crippen LogP contribution >= 0.6 is 0 Å². The molecule has 3 heterocycles. The van der Waals surface area contributed by atoms with Crippen molar-refractivity contribution in [3.63, 3.8) is 0 Å². The van der Waals surface area contributed by atoms with E-state index in [0.29, 0.717) is 37.7 Å². The minimum absolute atomic E-state index is 0.0459. The standard InChI is InChI=1S/C24H28N4O3/c1-17(2)12-27-13-21(31-16-18-4-3-8-25-11-18)14-28(15-23(27)29)24(30)20-6-5-19-7-9-26-22(19)10-20/h3-11,17,21,26H,12-16H2,1-2H3. The molecule has 1 atom stereocenters. The molecule has 1 aliphatic heterocycles. The van der Waals surface area contributed by atoms with E-state index >= 15 is 0 Å². The number of rotatable bonds is 6. The van der Waals surface area contributed by atoms with Crippen molar-refractivity contribution in [2.24, 2.45) is 5.92 Å². The van der Waals surface area contributed by atoms with Crippen LogP contribution in [-0.4, -0.2) is 63.9 Å². The Balaban J connectivity index is 1.54. The minimum atomic E-state index is -0.274. The van der Waals surface area contributed by atoms with Gasteiger partial charge in [0, 0.05) is 49.3 Å². The van der Waals surface area contributed by atoms with E-state index in [0.717, 1.165) is 16.5 Å². The molecule has 1 N–H and O–H groups in total. The molecular formula is C24H28N4O3. The van der Waals surface area contributed by atoms with Gasteiger partial charge in [0.15, 0.2) is 0 Å². The van der Waals surface area contributed by atoms with Crippen LogP contribution in [0.3, 0.4) is 0 Å². The predicted molar refractivity (Wildman–Crippen MR) is 118 cm³/mol. The molecule has 4 rings (SSSR count). The zero-order valence-electron chi connectivity index (χ0n) is 18.0. The molecule has 1 unspecified atom stereocenters. The number of nitrogens with one attached hydrogen (secondary N) is 1. The van der Waals surface area contributed by atoms with Crippen LogP contribution in [0.1, 0.15) is 29.8 Å². The first-order valence-corrected chi connectivity index (χ1v) is 10.6. The number of fused-ring (bicyclic) bond motifs is 1. The maximum absolute atomic E-state index is 13.3. The smallest absolute Gasteiger partial charge is 0.254 e. The second-order valence-corrected chi connectivity index (χ2v) is 8.45. The van der Waals surface area contributed by atoms with Crippen LogP contribution in [-0.2, 0) is 16.1 Å². The molecule has 2 amide bonds. The van der Waals surface area contributed by atoms with E-state index in [-0.39, 0.29) is 24.5 Å². The number of hydrogen-bond acceptors (Lipinski definition) is 4. The first-order valence-electron chi connectivity index (χ1n) is 10.6. The second kappa shape index (κ2) is 9.31. The summed E-state index contributed by atoms with van der Waals surface area (Å²) in [6.45, 7) is 6.08. The molecule has 1 fully saturated rings. The van der Waals surface area contributed by atoms with Crippen LogP contribution in [0.4, 0.5) is 0 Å². The van der Waals surface area contributed by atoms with E-state index in [9.17, 15) is 9.59 Å². The Kier molecular flexibility index (Phi) is 6.32. The number of hydrogen-bond donors (Lipinski definition) is 1. The van der Waals surface area contributed by atoms with Crippen LogP contribution in [0.2, 0.25) is 0 Å². The highest BCUT2D eigenvalue weighted by molar-refractivity contribution is 5.99. The summed E-state index contributed by atoms with van der Waals surface area (Å²) in [6.07, 6.45) is 5.06. The molecule has 7 nitrogen and oxygen atoms in total. The van der Waals surface area contributed by atoms with Gasteiger partial charge >= 0.3 is 0 Å². The summed E-state index contributed by atoms with van der Waals surface area (Å²) >= 11 is 0. The molecule has 1 aromatic carbocycles. The Morgan fingerprint density at radius 1 is 1.26 bits per heavy atom. The van der Waals surface area contributed by atoms with E-state index in [1.807, 2.05) is 47.5 Å². The van der Waals surface area contributed by atoms with E-state index in [2.05, 4.69) is 23.8 Å². The first kappa shape index (κ1) is 21.1. The summed E-state index contributed by atoms with van der Waals surface area (Å²) in [5.41, 5.74) is 2.42. The number of aromatic nitrogens is 2. The first-order chi connectivity index (χ1) is 15.0. The monoisotopic (exact) mass is 420 g/mol. The number of benzene rings is 1. The third-order valence-corrected chi connectivity index (χ3v) is 5.41. The third-order valence-electron chi connectivity index (χ3n) is 5.41. The largest absolute Gasteiger partial charge is 0.370 e. The van der Waals surface area contributed by atoms with Gasteiger partial charge in [-0.05, 0) is 41.1 Å². The lowest BCUT2D eigenvalue weighted by molar-refractivity contribution is -0.132. The van der Waals surface area contributed by atoms with Gasteiger partial charge in [0.25, 0.3) is 5.91 Å². The van der Waals surface area contributed by atoms with Crippen molar-refractivity contribution < 1.29 is 14.3 Å². The molecule has 1 aliphatic rings. The Bertz CT molecular complexity index is 1050. The lowest BCUT2D eigenvalue weighted by Crippen LogP contribution is -2.40. The topological polar surface area (TPSA) is 78.5 Å². The number of ether oxygens (including phenoxy) is 1. The summed E-state index contributed by atoms with van der Waals surface area (Å²) in [6, 6.07) is 11.4. The van der Waals surface area contributed by atoms with Crippen molar-refractivity contribution in [1.29, 1.82) is 0 Å². The Labute approximate surface area is 182 Å². The van der Waals surface area contributed by atoms with Crippen molar-refractivity contribution in [1.82, 2.24) is 19.8 Å². The fraction of sp³-hybridized carbons (Fsp3) is 0.375. The fourth-order valence-corrected chi connectivity index (χ4v) is 3.92. The van der Waals surface area contributed by atoms with Gasteiger partial charge in [0.1, 0.15) is 6.54 Å². The highest BCUT2D eigenvalue weighted by Crippen LogP contribution is 2.18. The minimum Gasteiger partial charge on any atom is -0.370 e. The molecule has 0 spiro atoms. The van der Waals surface area contributed by atoms with Gasteiger partial charge in [-0.2, -0.15) is 0 Å². The second-order valence-electron chi connectivity index (χ2n) is 8.45. The number of amides is 2. The van der Waals surface area contributed by atoms with Crippen molar-refractivity contribution in [2.45, 2.75) is 26.6 Å². The number of H-pyrrole nitrogens is 1. The average Bonchev–Trinajstić information content (AvgIpc) is 3.18. The molecule has 0 aliphatic carbocycles. The van der Waals surface area contributed by atoms with Crippen LogP contribution in [0.15, 0.2) is 55.0 Å². The summed E-state index contributed by atoms with van der Waals surface area (Å²) in [7, 11) is 0. The van der Waals surface area contributed by atoms with Gasteiger partial charge in [-0.15, -0.1) is 0 Å². The van der Waals surface area contributed by atoms with Gasteiger partial charge in [-0.3, -0.25) is 14.6 Å². The normalized spacial score (nSPS) is 17.4. The van der Waals surface area contributed by atoms with Gasteiger partial charge in [-0.25, -0.2) is 0 Å². The van der Waals surface area contributed by atoms with Crippen LogP contribution in [0, 0.1) is 5.92 Å². The number of carbonyl (C=O) groups excluding carboxylic acids is 2.